The van der Waals surface area contributed by atoms with Gasteiger partial charge in [0.1, 0.15) is 5.52 Å². The molecule has 5 aromatic rings. The highest BCUT2D eigenvalue weighted by molar-refractivity contribution is 5.75. The Morgan fingerprint density at radius 2 is 1.69 bits per heavy atom. The maximum absolute atomic E-state index is 12.1. The molecule has 7 nitrogen and oxygen atoms in total. The molecule has 0 fully saturated rings. The number of aromatic nitrogens is 3. The highest BCUT2D eigenvalue weighted by Crippen LogP contribution is 2.23. The third kappa shape index (κ3) is 2.34. The zero-order valence-corrected chi connectivity index (χ0v) is 13.4. The standard InChI is InChI=1S/C19H12N4O3/c24-19-23(17-16(26-19)6-3-11-20-17)13-9-7-12(8-10-13)21-18-22-14-4-1-2-5-15(14)25-18/h1-11H,(H,21,22). The average Bonchev–Trinajstić information content (AvgIpc) is 3.21. The molecule has 0 unspecified atom stereocenters. The van der Waals surface area contributed by atoms with Crippen molar-refractivity contribution in [3.05, 3.63) is 77.4 Å². The van der Waals surface area contributed by atoms with Gasteiger partial charge in [0.05, 0.1) is 5.69 Å². The molecule has 3 aromatic heterocycles. The van der Waals surface area contributed by atoms with Crippen LogP contribution < -0.4 is 11.1 Å². The largest absolute Gasteiger partial charge is 0.425 e. The first kappa shape index (κ1) is 14.5. The van der Waals surface area contributed by atoms with Crippen molar-refractivity contribution in [2.45, 2.75) is 0 Å². The third-order valence-electron chi connectivity index (χ3n) is 4.01. The summed E-state index contributed by atoms with van der Waals surface area (Å²) in [6.07, 6.45) is 1.62. The Kier molecular flexibility index (Phi) is 3.11. The van der Waals surface area contributed by atoms with E-state index in [4.69, 9.17) is 8.83 Å². The van der Waals surface area contributed by atoms with Crippen molar-refractivity contribution in [2.75, 3.05) is 5.32 Å². The molecule has 0 atom stereocenters. The van der Waals surface area contributed by atoms with Crippen molar-refractivity contribution in [1.29, 1.82) is 0 Å². The Labute approximate surface area is 146 Å². The Hall–Kier alpha value is -3.87. The van der Waals surface area contributed by atoms with Crippen LogP contribution in [0.2, 0.25) is 0 Å². The van der Waals surface area contributed by atoms with Gasteiger partial charge in [-0.3, -0.25) is 0 Å². The van der Waals surface area contributed by atoms with Crippen LogP contribution in [0.4, 0.5) is 11.7 Å². The number of nitrogens with zero attached hydrogens (tertiary/aromatic N) is 3. The van der Waals surface area contributed by atoms with Gasteiger partial charge in [0.25, 0.3) is 6.01 Å². The topological polar surface area (TPSA) is 86.1 Å². The summed E-state index contributed by atoms with van der Waals surface area (Å²) in [5.74, 6) is -0.474. The minimum Gasteiger partial charge on any atom is -0.423 e. The van der Waals surface area contributed by atoms with Crippen LogP contribution in [0.5, 0.6) is 0 Å². The van der Waals surface area contributed by atoms with E-state index in [1.807, 2.05) is 36.4 Å². The summed E-state index contributed by atoms with van der Waals surface area (Å²) in [5, 5.41) is 3.11. The van der Waals surface area contributed by atoms with Crippen molar-refractivity contribution in [1.82, 2.24) is 14.5 Å². The van der Waals surface area contributed by atoms with E-state index in [0.29, 0.717) is 28.5 Å². The van der Waals surface area contributed by atoms with E-state index in [1.54, 1.807) is 30.5 Å². The Bertz CT molecular complexity index is 1250. The average molecular weight is 344 g/mol. The fraction of sp³-hybridized carbons (Fsp3) is 0. The van der Waals surface area contributed by atoms with Gasteiger partial charge in [-0.2, -0.15) is 4.98 Å². The van der Waals surface area contributed by atoms with Gasteiger partial charge in [0.15, 0.2) is 16.8 Å². The molecule has 0 aliphatic heterocycles. The predicted octanol–water partition coefficient (Wildman–Crippen LogP) is 3.86. The van der Waals surface area contributed by atoms with Gasteiger partial charge >= 0.3 is 5.76 Å². The summed E-state index contributed by atoms with van der Waals surface area (Å²) < 4.78 is 12.3. The van der Waals surface area contributed by atoms with Gasteiger partial charge in [0, 0.05) is 11.9 Å². The monoisotopic (exact) mass is 344 g/mol. The summed E-state index contributed by atoms with van der Waals surface area (Å²) in [4.78, 5) is 20.7. The van der Waals surface area contributed by atoms with Gasteiger partial charge in [-0.1, -0.05) is 12.1 Å². The maximum atomic E-state index is 12.1. The predicted molar refractivity (Wildman–Crippen MR) is 96.9 cm³/mol. The molecule has 126 valence electrons. The van der Waals surface area contributed by atoms with Crippen LogP contribution in [0.3, 0.4) is 0 Å². The molecular weight excluding hydrogens is 332 g/mol. The SMILES string of the molecule is O=c1oc2cccnc2n1-c1ccc(Nc2nc3ccccc3o2)cc1. The fourth-order valence-electron chi connectivity index (χ4n) is 2.83. The van der Waals surface area contributed by atoms with Crippen molar-refractivity contribution < 1.29 is 8.83 Å². The first-order valence-corrected chi connectivity index (χ1v) is 7.97. The number of benzene rings is 2. The molecule has 0 aliphatic rings. The quantitative estimate of drug-likeness (QED) is 0.535. The normalized spacial score (nSPS) is 11.2. The lowest BCUT2D eigenvalue weighted by Crippen LogP contribution is -2.12. The maximum Gasteiger partial charge on any atom is 0.425 e. The lowest BCUT2D eigenvalue weighted by Gasteiger charge is -2.04. The van der Waals surface area contributed by atoms with E-state index in [0.717, 1.165) is 11.2 Å². The van der Waals surface area contributed by atoms with Crippen molar-refractivity contribution in [2.24, 2.45) is 0 Å². The molecule has 3 heterocycles. The molecule has 0 bridgehead atoms. The number of pyridine rings is 1. The number of hydrogen-bond acceptors (Lipinski definition) is 6. The number of anilines is 2. The zero-order valence-electron chi connectivity index (χ0n) is 13.4. The van der Waals surface area contributed by atoms with Crippen molar-refractivity contribution in [3.8, 4) is 5.69 Å². The number of oxazole rings is 2. The van der Waals surface area contributed by atoms with Crippen LogP contribution in [0.15, 0.2) is 80.5 Å². The summed E-state index contributed by atoms with van der Waals surface area (Å²) in [6.45, 7) is 0. The Morgan fingerprint density at radius 1 is 0.885 bits per heavy atom. The Morgan fingerprint density at radius 3 is 2.54 bits per heavy atom. The lowest BCUT2D eigenvalue weighted by atomic mass is 10.3. The second-order valence-corrected chi connectivity index (χ2v) is 5.69. The summed E-state index contributed by atoms with van der Waals surface area (Å²) >= 11 is 0. The van der Waals surface area contributed by atoms with E-state index in [-0.39, 0.29) is 0 Å². The number of nitrogens with one attached hydrogen (secondary N) is 1. The molecule has 5 rings (SSSR count). The molecule has 2 aromatic carbocycles. The zero-order chi connectivity index (χ0) is 17.5. The first-order valence-electron chi connectivity index (χ1n) is 7.97. The molecule has 0 saturated heterocycles. The summed E-state index contributed by atoms with van der Waals surface area (Å²) in [7, 11) is 0. The molecule has 0 spiro atoms. The highest BCUT2D eigenvalue weighted by Gasteiger charge is 2.12. The van der Waals surface area contributed by atoms with Gasteiger partial charge in [-0.25, -0.2) is 14.3 Å². The van der Waals surface area contributed by atoms with Crippen LogP contribution in [0, 0.1) is 0 Å². The van der Waals surface area contributed by atoms with Gasteiger partial charge in [-0.15, -0.1) is 0 Å². The third-order valence-corrected chi connectivity index (χ3v) is 4.01. The number of rotatable bonds is 3. The van der Waals surface area contributed by atoms with E-state index in [2.05, 4.69) is 15.3 Å². The smallest absolute Gasteiger partial charge is 0.423 e. The van der Waals surface area contributed by atoms with Crippen LogP contribution in [0.25, 0.3) is 28.0 Å². The number of para-hydroxylation sites is 2. The molecule has 0 aliphatic carbocycles. The minimum absolute atomic E-state index is 0.409. The van der Waals surface area contributed by atoms with Gasteiger partial charge in [-0.05, 0) is 48.5 Å². The van der Waals surface area contributed by atoms with Crippen LogP contribution >= 0.6 is 0 Å². The molecule has 1 N–H and O–H groups in total. The summed E-state index contributed by atoms with van der Waals surface area (Å²) in [5.41, 5.74) is 3.89. The van der Waals surface area contributed by atoms with Crippen LogP contribution in [-0.2, 0) is 0 Å². The van der Waals surface area contributed by atoms with Gasteiger partial charge in [0.2, 0.25) is 0 Å². The second kappa shape index (κ2) is 5.59. The second-order valence-electron chi connectivity index (χ2n) is 5.69. The summed E-state index contributed by atoms with van der Waals surface area (Å²) in [6, 6.07) is 18.7. The fourth-order valence-corrected chi connectivity index (χ4v) is 2.83. The van der Waals surface area contributed by atoms with E-state index in [9.17, 15) is 4.79 Å². The Balaban J connectivity index is 1.48. The first-order chi connectivity index (χ1) is 12.8. The van der Waals surface area contributed by atoms with Gasteiger partial charge < -0.3 is 14.2 Å². The molecule has 0 saturated carbocycles. The molecule has 7 heteroatoms. The molecule has 26 heavy (non-hydrogen) atoms. The molecule has 0 radical (unpaired) electrons. The van der Waals surface area contributed by atoms with Crippen LogP contribution in [-0.4, -0.2) is 14.5 Å². The minimum atomic E-state index is -0.474. The van der Waals surface area contributed by atoms with E-state index >= 15 is 0 Å². The van der Waals surface area contributed by atoms with Crippen molar-refractivity contribution >= 4 is 34.0 Å². The van der Waals surface area contributed by atoms with E-state index < -0.39 is 5.76 Å². The number of hydrogen-bond donors (Lipinski definition) is 1. The van der Waals surface area contributed by atoms with Crippen LogP contribution in [0.1, 0.15) is 0 Å². The lowest BCUT2D eigenvalue weighted by molar-refractivity contribution is 0.540. The molecule has 0 amide bonds. The van der Waals surface area contributed by atoms with Crippen molar-refractivity contribution in [3.63, 3.8) is 0 Å². The highest BCUT2D eigenvalue weighted by atomic mass is 16.4. The molecular formula is C19H12N4O3. The number of fused-ring (bicyclic) bond motifs is 2. The van der Waals surface area contributed by atoms with E-state index in [1.165, 1.54) is 4.57 Å².